The van der Waals surface area contributed by atoms with Gasteiger partial charge in [-0.1, -0.05) is 0 Å². The molecule has 0 saturated heterocycles. The first-order valence-corrected chi connectivity index (χ1v) is 5.59. The SMILES string of the molecule is CC(C)(C)OC(=O)NCc1ncncc1Br. The van der Waals surface area contributed by atoms with Crippen molar-refractivity contribution in [3.8, 4) is 0 Å². The molecule has 1 N–H and O–H groups in total. The zero-order valence-electron chi connectivity index (χ0n) is 9.45. The number of amides is 1. The fourth-order valence-corrected chi connectivity index (χ4v) is 1.30. The Morgan fingerprint density at radius 2 is 2.25 bits per heavy atom. The molecule has 5 nitrogen and oxygen atoms in total. The predicted octanol–water partition coefficient (Wildman–Crippen LogP) is 2.26. The summed E-state index contributed by atoms with van der Waals surface area (Å²) in [7, 11) is 0. The highest BCUT2D eigenvalue weighted by Gasteiger charge is 2.16. The van der Waals surface area contributed by atoms with Gasteiger partial charge in [-0.15, -0.1) is 0 Å². The Morgan fingerprint density at radius 1 is 1.56 bits per heavy atom. The van der Waals surface area contributed by atoms with Gasteiger partial charge in [0.1, 0.15) is 11.9 Å². The Labute approximate surface area is 103 Å². The number of hydrogen-bond acceptors (Lipinski definition) is 4. The van der Waals surface area contributed by atoms with Crippen molar-refractivity contribution in [3.63, 3.8) is 0 Å². The van der Waals surface area contributed by atoms with E-state index in [1.807, 2.05) is 20.8 Å². The highest BCUT2D eigenvalue weighted by atomic mass is 79.9. The van der Waals surface area contributed by atoms with Crippen LogP contribution in [-0.2, 0) is 11.3 Å². The minimum atomic E-state index is -0.493. The zero-order valence-corrected chi connectivity index (χ0v) is 11.0. The second kappa shape index (κ2) is 5.25. The lowest BCUT2D eigenvalue weighted by molar-refractivity contribution is 0.0523. The molecule has 0 aliphatic carbocycles. The average Bonchev–Trinajstić information content (AvgIpc) is 2.14. The van der Waals surface area contributed by atoms with Crippen LogP contribution in [0.5, 0.6) is 0 Å². The van der Waals surface area contributed by atoms with Crippen molar-refractivity contribution >= 4 is 22.0 Å². The van der Waals surface area contributed by atoms with Gasteiger partial charge >= 0.3 is 6.09 Å². The van der Waals surface area contributed by atoms with Gasteiger partial charge in [-0.2, -0.15) is 0 Å². The van der Waals surface area contributed by atoms with Gasteiger partial charge in [0.05, 0.1) is 16.7 Å². The molecule has 0 atom stereocenters. The summed E-state index contributed by atoms with van der Waals surface area (Å²) < 4.78 is 5.85. The predicted molar refractivity (Wildman–Crippen MR) is 62.8 cm³/mol. The molecule has 1 aromatic heterocycles. The van der Waals surface area contributed by atoms with Crippen molar-refractivity contribution in [2.24, 2.45) is 0 Å². The highest BCUT2D eigenvalue weighted by molar-refractivity contribution is 9.10. The maximum absolute atomic E-state index is 11.4. The number of alkyl carbamates (subject to hydrolysis) is 1. The van der Waals surface area contributed by atoms with E-state index >= 15 is 0 Å². The Hall–Kier alpha value is -1.17. The van der Waals surface area contributed by atoms with Gasteiger partial charge in [-0.05, 0) is 36.7 Å². The maximum atomic E-state index is 11.4. The molecule has 0 aromatic carbocycles. The van der Waals surface area contributed by atoms with Crippen LogP contribution in [0.2, 0.25) is 0 Å². The summed E-state index contributed by atoms with van der Waals surface area (Å²) in [5, 5.41) is 2.61. The second-order valence-corrected chi connectivity index (χ2v) is 5.03. The van der Waals surface area contributed by atoms with Crippen LogP contribution < -0.4 is 5.32 Å². The number of aromatic nitrogens is 2. The largest absolute Gasteiger partial charge is 0.444 e. The first-order valence-electron chi connectivity index (χ1n) is 4.80. The second-order valence-electron chi connectivity index (χ2n) is 4.17. The minimum Gasteiger partial charge on any atom is -0.444 e. The van der Waals surface area contributed by atoms with Crippen LogP contribution in [-0.4, -0.2) is 21.7 Å². The lowest BCUT2D eigenvalue weighted by Gasteiger charge is -2.19. The number of carbonyl (C=O) groups is 1. The smallest absolute Gasteiger partial charge is 0.407 e. The summed E-state index contributed by atoms with van der Waals surface area (Å²) in [5.74, 6) is 0. The van der Waals surface area contributed by atoms with E-state index in [1.54, 1.807) is 6.20 Å². The van der Waals surface area contributed by atoms with E-state index in [2.05, 4.69) is 31.2 Å². The number of halogens is 1. The molecule has 0 fully saturated rings. The third kappa shape index (κ3) is 4.57. The molecular weight excluding hydrogens is 274 g/mol. The van der Waals surface area contributed by atoms with Gasteiger partial charge in [0, 0.05) is 6.20 Å². The standard InChI is InChI=1S/C10H14BrN3O2/c1-10(2,3)16-9(15)13-5-8-7(11)4-12-6-14-8/h4,6H,5H2,1-3H3,(H,13,15). The number of ether oxygens (including phenoxy) is 1. The number of nitrogens with zero attached hydrogens (tertiary/aromatic N) is 2. The van der Waals surface area contributed by atoms with Gasteiger partial charge < -0.3 is 10.1 Å². The molecule has 0 radical (unpaired) electrons. The third-order valence-corrected chi connectivity index (χ3v) is 2.21. The Morgan fingerprint density at radius 3 is 2.81 bits per heavy atom. The summed E-state index contributed by atoms with van der Waals surface area (Å²) >= 11 is 3.29. The zero-order chi connectivity index (χ0) is 12.2. The summed E-state index contributed by atoms with van der Waals surface area (Å²) in [6.07, 6.45) is 2.59. The summed E-state index contributed by atoms with van der Waals surface area (Å²) in [6.45, 7) is 5.74. The van der Waals surface area contributed by atoms with Crippen LogP contribution in [0.25, 0.3) is 0 Å². The van der Waals surface area contributed by atoms with Crippen LogP contribution in [0, 0.1) is 0 Å². The van der Waals surface area contributed by atoms with Gasteiger partial charge in [0.25, 0.3) is 0 Å². The Kier molecular flexibility index (Phi) is 4.23. The van der Waals surface area contributed by atoms with Crippen molar-refractivity contribution in [1.29, 1.82) is 0 Å². The van der Waals surface area contributed by atoms with Gasteiger partial charge in [0.15, 0.2) is 0 Å². The quantitative estimate of drug-likeness (QED) is 0.906. The van der Waals surface area contributed by atoms with Gasteiger partial charge in [-0.25, -0.2) is 14.8 Å². The third-order valence-electron chi connectivity index (χ3n) is 1.54. The molecule has 1 amide bonds. The fourth-order valence-electron chi connectivity index (χ4n) is 0.938. The van der Waals surface area contributed by atoms with Crippen molar-refractivity contribution in [1.82, 2.24) is 15.3 Å². The van der Waals surface area contributed by atoms with Gasteiger partial charge in [-0.3, -0.25) is 0 Å². The Bertz CT molecular complexity index is 377. The van der Waals surface area contributed by atoms with Crippen molar-refractivity contribution in [2.45, 2.75) is 32.9 Å². The summed E-state index contributed by atoms with van der Waals surface area (Å²) in [5.41, 5.74) is 0.216. The van der Waals surface area contributed by atoms with Crippen molar-refractivity contribution < 1.29 is 9.53 Å². The summed E-state index contributed by atoms with van der Waals surface area (Å²) in [4.78, 5) is 19.2. The number of carbonyl (C=O) groups excluding carboxylic acids is 1. The van der Waals surface area contributed by atoms with Crippen LogP contribution in [0.1, 0.15) is 26.5 Å². The highest BCUT2D eigenvalue weighted by Crippen LogP contribution is 2.12. The molecule has 0 unspecified atom stereocenters. The molecule has 0 saturated carbocycles. The molecule has 0 spiro atoms. The van der Waals surface area contributed by atoms with Crippen molar-refractivity contribution in [2.75, 3.05) is 0 Å². The van der Waals surface area contributed by atoms with E-state index in [0.29, 0.717) is 12.2 Å². The van der Waals surface area contributed by atoms with E-state index in [9.17, 15) is 4.79 Å². The first-order chi connectivity index (χ1) is 7.38. The average molecular weight is 288 g/mol. The molecular formula is C10H14BrN3O2. The van der Waals surface area contributed by atoms with E-state index in [4.69, 9.17) is 4.74 Å². The molecule has 0 aliphatic heterocycles. The maximum Gasteiger partial charge on any atom is 0.407 e. The molecule has 16 heavy (non-hydrogen) atoms. The van der Waals surface area contributed by atoms with E-state index in [0.717, 1.165) is 4.47 Å². The molecule has 0 bridgehead atoms. The van der Waals surface area contributed by atoms with Crippen LogP contribution in [0.3, 0.4) is 0 Å². The molecule has 1 heterocycles. The lowest BCUT2D eigenvalue weighted by Crippen LogP contribution is -2.32. The topological polar surface area (TPSA) is 64.1 Å². The summed E-state index contributed by atoms with van der Waals surface area (Å²) in [6, 6.07) is 0. The molecule has 6 heteroatoms. The fraction of sp³-hybridized carbons (Fsp3) is 0.500. The van der Waals surface area contributed by atoms with Crippen LogP contribution in [0.15, 0.2) is 17.0 Å². The number of nitrogens with one attached hydrogen (secondary N) is 1. The Balaban J connectivity index is 2.47. The molecule has 1 rings (SSSR count). The van der Waals surface area contributed by atoms with Crippen molar-refractivity contribution in [3.05, 3.63) is 22.7 Å². The van der Waals surface area contributed by atoms with E-state index in [-0.39, 0.29) is 0 Å². The van der Waals surface area contributed by atoms with Crippen LogP contribution >= 0.6 is 15.9 Å². The number of hydrogen-bond donors (Lipinski definition) is 1. The normalized spacial score (nSPS) is 11.0. The minimum absolute atomic E-state index is 0.304. The molecule has 1 aromatic rings. The van der Waals surface area contributed by atoms with E-state index in [1.165, 1.54) is 6.33 Å². The van der Waals surface area contributed by atoms with E-state index < -0.39 is 11.7 Å². The first kappa shape index (κ1) is 12.9. The van der Waals surface area contributed by atoms with Gasteiger partial charge in [0.2, 0.25) is 0 Å². The van der Waals surface area contributed by atoms with Crippen LogP contribution in [0.4, 0.5) is 4.79 Å². The molecule has 88 valence electrons. The lowest BCUT2D eigenvalue weighted by atomic mass is 10.2. The number of rotatable bonds is 2. The monoisotopic (exact) mass is 287 g/mol. The molecule has 0 aliphatic rings.